The molecule has 0 radical (unpaired) electrons. The Bertz CT molecular complexity index is 962. The fraction of sp³-hybridized carbons (Fsp3) is 0.391. The topological polar surface area (TPSA) is 75.2 Å². The first-order chi connectivity index (χ1) is 15.1. The molecular weight excluding hydrogens is 399 g/mol. The maximum Gasteiger partial charge on any atom is 0.227 e. The van der Waals surface area contributed by atoms with E-state index >= 15 is 0 Å². The minimum atomic E-state index is -0.288. The van der Waals surface area contributed by atoms with Crippen LogP contribution in [-0.2, 0) is 29.1 Å². The molecule has 2 aliphatic heterocycles. The molecule has 0 spiro atoms. The average Bonchev–Trinajstić information content (AvgIpc) is 3.22. The zero-order valence-electron chi connectivity index (χ0n) is 17.6. The Labute approximate surface area is 181 Å². The minimum Gasteiger partial charge on any atom is -0.467 e. The van der Waals surface area contributed by atoms with E-state index < -0.39 is 0 Å². The van der Waals surface area contributed by atoms with E-state index in [9.17, 15) is 9.18 Å². The van der Waals surface area contributed by atoms with Crippen LogP contribution in [0.4, 0.5) is 10.1 Å². The smallest absolute Gasteiger partial charge is 0.227 e. The third kappa shape index (κ3) is 5.14. The lowest BCUT2D eigenvalue weighted by atomic mass is 10.1. The zero-order valence-corrected chi connectivity index (χ0v) is 17.6. The summed E-state index contributed by atoms with van der Waals surface area (Å²) in [5.74, 6) is 1.28. The molecule has 1 amide bonds. The van der Waals surface area contributed by atoms with Crippen LogP contribution in [0.15, 0.2) is 41.4 Å². The highest BCUT2D eigenvalue weighted by molar-refractivity contribution is 5.95. The van der Waals surface area contributed by atoms with Gasteiger partial charge in [0.15, 0.2) is 12.8 Å². The number of nitrogens with one attached hydrogen (secondary N) is 2. The molecule has 1 fully saturated rings. The number of halogens is 1. The highest BCUT2D eigenvalue weighted by Crippen LogP contribution is 2.29. The van der Waals surface area contributed by atoms with Crippen molar-refractivity contribution >= 4 is 17.6 Å². The van der Waals surface area contributed by atoms with E-state index in [1.807, 2.05) is 29.2 Å². The molecule has 0 aliphatic carbocycles. The Hall–Kier alpha value is -3.13. The molecule has 0 aromatic heterocycles. The van der Waals surface area contributed by atoms with Crippen molar-refractivity contribution in [2.24, 2.45) is 4.99 Å². The van der Waals surface area contributed by atoms with Crippen molar-refractivity contribution in [1.82, 2.24) is 10.6 Å². The Morgan fingerprint density at radius 2 is 2.06 bits per heavy atom. The van der Waals surface area contributed by atoms with Gasteiger partial charge in [-0.15, -0.1) is 0 Å². The molecule has 2 heterocycles. The van der Waals surface area contributed by atoms with E-state index in [1.54, 1.807) is 7.05 Å². The Kier molecular flexibility index (Phi) is 6.66. The van der Waals surface area contributed by atoms with Gasteiger partial charge in [-0.2, -0.15) is 0 Å². The molecule has 0 atom stereocenters. The second-order valence-electron chi connectivity index (χ2n) is 7.58. The van der Waals surface area contributed by atoms with Gasteiger partial charge in [0.05, 0.1) is 6.61 Å². The quantitative estimate of drug-likeness (QED) is 0.549. The maximum atomic E-state index is 13.9. The molecule has 1 saturated heterocycles. The fourth-order valence-corrected chi connectivity index (χ4v) is 3.88. The molecule has 164 valence electrons. The summed E-state index contributed by atoms with van der Waals surface area (Å²) < 4.78 is 24.7. The number of amides is 1. The lowest BCUT2D eigenvalue weighted by Gasteiger charge is -2.21. The van der Waals surface area contributed by atoms with Gasteiger partial charge in [-0.05, 0) is 48.2 Å². The summed E-state index contributed by atoms with van der Waals surface area (Å²) in [5.41, 5.74) is 3.59. The molecule has 2 aliphatic rings. The summed E-state index contributed by atoms with van der Waals surface area (Å²) in [6.45, 7) is 2.52. The van der Waals surface area contributed by atoms with Crippen LogP contribution >= 0.6 is 0 Å². The van der Waals surface area contributed by atoms with Crippen LogP contribution in [0.2, 0.25) is 0 Å². The number of nitrogens with zero attached hydrogens (tertiary/aromatic N) is 2. The summed E-state index contributed by atoms with van der Waals surface area (Å²) in [7, 11) is 1.71. The first kappa shape index (κ1) is 21.1. The SMILES string of the molecule is CN=C(NCCc1cc(F)cc2c1OCOC2)NCc1ccc(N2CCCC2=O)cc1. The number of rotatable bonds is 6. The molecule has 2 aromatic carbocycles. The monoisotopic (exact) mass is 426 g/mol. The van der Waals surface area contributed by atoms with Crippen molar-refractivity contribution in [3.05, 3.63) is 58.9 Å². The van der Waals surface area contributed by atoms with Crippen LogP contribution < -0.4 is 20.3 Å². The normalized spacial score (nSPS) is 16.1. The predicted molar refractivity (Wildman–Crippen MR) is 117 cm³/mol. The number of ether oxygens (including phenoxy) is 2. The first-order valence-corrected chi connectivity index (χ1v) is 10.5. The molecule has 31 heavy (non-hydrogen) atoms. The standard InChI is InChI=1S/C23H27FN4O3/c1-25-23(26-9-8-17-11-19(24)12-18-14-30-15-31-22(17)18)27-13-16-4-6-20(7-5-16)28-10-2-3-21(28)29/h4-7,11-12H,2-3,8-10,13-15H2,1H3,(H2,25,26,27). The summed E-state index contributed by atoms with van der Waals surface area (Å²) in [4.78, 5) is 17.9. The van der Waals surface area contributed by atoms with Crippen LogP contribution in [0.1, 0.15) is 29.5 Å². The molecule has 2 N–H and O–H groups in total. The van der Waals surface area contributed by atoms with Gasteiger partial charge in [0.1, 0.15) is 11.6 Å². The average molecular weight is 426 g/mol. The van der Waals surface area contributed by atoms with Gasteiger partial charge >= 0.3 is 0 Å². The third-order valence-corrected chi connectivity index (χ3v) is 5.44. The third-order valence-electron chi connectivity index (χ3n) is 5.44. The van der Waals surface area contributed by atoms with E-state index in [1.165, 1.54) is 12.1 Å². The summed E-state index contributed by atoms with van der Waals surface area (Å²) in [6, 6.07) is 10.9. The number of guanidine groups is 1. The lowest BCUT2D eigenvalue weighted by molar-refractivity contribution is -0.117. The van der Waals surface area contributed by atoms with Crippen molar-refractivity contribution in [1.29, 1.82) is 0 Å². The van der Waals surface area contributed by atoms with Crippen molar-refractivity contribution in [2.75, 3.05) is 31.8 Å². The lowest BCUT2D eigenvalue weighted by Crippen LogP contribution is -2.38. The number of carbonyl (C=O) groups is 1. The van der Waals surface area contributed by atoms with Crippen LogP contribution in [0.5, 0.6) is 5.75 Å². The molecule has 0 unspecified atom stereocenters. The van der Waals surface area contributed by atoms with Crippen LogP contribution in [-0.4, -0.2) is 38.8 Å². The number of aliphatic imine (C=N–C) groups is 1. The highest BCUT2D eigenvalue weighted by atomic mass is 19.1. The maximum absolute atomic E-state index is 13.9. The predicted octanol–water partition coefficient (Wildman–Crippen LogP) is 2.73. The van der Waals surface area contributed by atoms with E-state index in [0.29, 0.717) is 44.2 Å². The Morgan fingerprint density at radius 3 is 2.81 bits per heavy atom. The van der Waals surface area contributed by atoms with Crippen molar-refractivity contribution in [3.8, 4) is 5.75 Å². The van der Waals surface area contributed by atoms with Gasteiger partial charge in [-0.3, -0.25) is 9.79 Å². The van der Waals surface area contributed by atoms with Gasteiger partial charge in [-0.1, -0.05) is 12.1 Å². The van der Waals surface area contributed by atoms with Gasteiger partial charge < -0.3 is 25.0 Å². The molecule has 0 bridgehead atoms. The molecule has 8 heteroatoms. The van der Waals surface area contributed by atoms with E-state index in [2.05, 4.69) is 15.6 Å². The Morgan fingerprint density at radius 1 is 1.23 bits per heavy atom. The van der Waals surface area contributed by atoms with Crippen molar-refractivity contribution in [2.45, 2.75) is 32.4 Å². The van der Waals surface area contributed by atoms with Crippen molar-refractivity contribution < 1.29 is 18.7 Å². The van der Waals surface area contributed by atoms with Crippen molar-refractivity contribution in [3.63, 3.8) is 0 Å². The van der Waals surface area contributed by atoms with E-state index in [4.69, 9.17) is 9.47 Å². The molecule has 4 rings (SSSR count). The number of benzene rings is 2. The van der Waals surface area contributed by atoms with Crippen LogP contribution in [0.25, 0.3) is 0 Å². The summed E-state index contributed by atoms with van der Waals surface area (Å²) >= 11 is 0. The fourth-order valence-electron chi connectivity index (χ4n) is 3.88. The second-order valence-corrected chi connectivity index (χ2v) is 7.58. The Balaban J connectivity index is 1.28. The minimum absolute atomic E-state index is 0.187. The van der Waals surface area contributed by atoms with Crippen LogP contribution in [0, 0.1) is 5.82 Å². The highest BCUT2D eigenvalue weighted by Gasteiger charge is 2.21. The number of hydrogen-bond acceptors (Lipinski definition) is 4. The first-order valence-electron chi connectivity index (χ1n) is 10.5. The largest absolute Gasteiger partial charge is 0.467 e. The van der Waals surface area contributed by atoms with Gasteiger partial charge in [0.25, 0.3) is 0 Å². The zero-order chi connectivity index (χ0) is 21.6. The van der Waals surface area contributed by atoms with Gasteiger partial charge in [-0.25, -0.2) is 4.39 Å². The number of carbonyl (C=O) groups excluding carboxylic acids is 1. The van der Waals surface area contributed by atoms with E-state index in [-0.39, 0.29) is 18.5 Å². The molecular formula is C23H27FN4O3. The number of hydrogen-bond donors (Lipinski definition) is 2. The van der Waals surface area contributed by atoms with E-state index in [0.717, 1.165) is 35.3 Å². The second kappa shape index (κ2) is 9.78. The summed E-state index contributed by atoms with van der Waals surface area (Å²) in [6.07, 6.45) is 2.14. The number of fused-ring (bicyclic) bond motifs is 1. The molecule has 7 nitrogen and oxygen atoms in total. The molecule has 0 saturated carbocycles. The van der Waals surface area contributed by atoms with Crippen LogP contribution in [0.3, 0.4) is 0 Å². The number of anilines is 1. The van der Waals surface area contributed by atoms with Gasteiger partial charge in [0, 0.05) is 44.4 Å². The van der Waals surface area contributed by atoms with Gasteiger partial charge in [0.2, 0.25) is 5.91 Å². The summed E-state index contributed by atoms with van der Waals surface area (Å²) in [5, 5.41) is 6.53. The molecule has 2 aromatic rings.